The molecule has 0 radical (unpaired) electrons. The van der Waals surface area contributed by atoms with Gasteiger partial charge in [-0.3, -0.25) is 9.78 Å². The number of amides is 1. The highest BCUT2D eigenvalue weighted by molar-refractivity contribution is 7.98. The van der Waals surface area contributed by atoms with Crippen LogP contribution in [0.3, 0.4) is 0 Å². The number of pyridine rings is 1. The molecule has 1 aliphatic rings. The molecule has 0 aliphatic carbocycles. The lowest BCUT2D eigenvalue weighted by molar-refractivity contribution is -0.122. The van der Waals surface area contributed by atoms with E-state index in [1.807, 2.05) is 28.8 Å². The van der Waals surface area contributed by atoms with Gasteiger partial charge in [-0.05, 0) is 36.6 Å². The molecular formula is C21H24N4O3S. The van der Waals surface area contributed by atoms with E-state index in [0.717, 1.165) is 52.7 Å². The molecular weight excluding hydrogens is 388 g/mol. The topological polar surface area (TPSA) is 78.3 Å². The van der Waals surface area contributed by atoms with E-state index in [2.05, 4.69) is 16.4 Å². The number of rotatable bonds is 8. The fourth-order valence-electron chi connectivity index (χ4n) is 3.35. The Balaban J connectivity index is 1.48. The van der Waals surface area contributed by atoms with Crippen molar-refractivity contribution in [3.8, 4) is 5.75 Å². The van der Waals surface area contributed by atoms with E-state index >= 15 is 0 Å². The van der Waals surface area contributed by atoms with Gasteiger partial charge in [0.15, 0.2) is 5.16 Å². The van der Waals surface area contributed by atoms with Gasteiger partial charge in [0.05, 0.1) is 30.4 Å². The Hall–Kier alpha value is -2.58. The van der Waals surface area contributed by atoms with Crippen molar-refractivity contribution >= 4 is 28.7 Å². The van der Waals surface area contributed by atoms with Crippen molar-refractivity contribution in [1.29, 1.82) is 0 Å². The minimum Gasteiger partial charge on any atom is -0.497 e. The molecule has 4 rings (SSSR count). The molecule has 152 valence electrons. The molecule has 29 heavy (non-hydrogen) atoms. The summed E-state index contributed by atoms with van der Waals surface area (Å²) in [4.78, 5) is 21.5. The van der Waals surface area contributed by atoms with E-state index in [1.54, 1.807) is 31.3 Å². The summed E-state index contributed by atoms with van der Waals surface area (Å²) in [6.07, 6.45) is 5.66. The third-order valence-corrected chi connectivity index (χ3v) is 5.92. The number of nitrogens with zero attached hydrogens (tertiary/aromatic N) is 3. The number of ether oxygens (including phenoxy) is 2. The number of carbonyl (C=O) groups excluding carboxylic acids is 1. The molecule has 0 spiro atoms. The van der Waals surface area contributed by atoms with E-state index in [-0.39, 0.29) is 18.6 Å². The van der Waals surface area contributed by atoms with Gasteiger partial charge < -0.3 is 19.4 Å². The number of hydrogen-bond donors (Lipinski definition) is 1. The first kappa shape index (κ1) is 19.7. The number of nitrogens with one attached hydrogen (secondary N) is 1. The Bertz CT molecular complexity index is 985. The molecule has 8 heteroatoms. The summed E-state index contributed by atoms with van der Waals surface area (Å²) < 4.78 is 12.8. The molecule has 7 nitrogen and oxygen atoms in total. The standard InChI is InChI=1S/C21H24N4O3S/c1-27-16-5-2-4-15(10-16)14-29-21-24-18-7-8-22-12-19(18)25(21)13-20(26)23-11-17-6-3-9-28-17/h2,4-5,7-8,10,12,17H,3,6,9,11,13-14H2,1H3,(H,23,26). The highest BCUT2D eigenvalue weighted by atomic mass is 32.2. The average Bonchev–Trinajstić information content (AvgIpc) is 3.39. The maximum atomic E-state index is 12.6. The molecule has 3 heterocycles. The molecule has 0 bridgehead atoms. The van der Waals surface area contributed by atoms with Crippen molar-refractivity contribution in [2.24, 2.45) is 0 Å². The van der Waals surface area contributed by atoms with Crippen LogP contribution in [0, 0.1) is 0 Å². The fourth-order valence-corrected chi connectivity index (χ4v) is 4.31. The maximum absolute atomic E-state index is 12.6. The largest absolute Gasteiger partial charge is 0.497 e. The summed E-state index contributed by atoms with van der Waals surface area (Å²) in [5.41, 5.74) is 2.82. The second-order valence-electron chi connectivity index (χ2n) is 6.92. The smallest absolute Gasteiger partial charge is 0.240 e. The summed E-state index contributed by atoms with van der Waals surface area (Å²) >= 11 is 1.59. The van der Waals surface area contributed by atoms with Crippen LogP contribution in [0.15, 0.2) is 47.9 Å². The quantitative estimate of drug-likeness (QED) is 0.573. The molecule has 1 fully saturated rings. The first-order valence-corrected chi connectivity index (χ1v) is 10.7. The Morgan fingerprint density at radius 2 is 2.34 bits per heavy atom. The third-order valence-electron chi connectivity index (χ3n) is 4.87. The predicted molar refractivity (Wildman–Crippen MR) is 112 cm³/mol. The average molecular weight is 413 g/mol. The lowest BCUT2D eigenvalue weighted by Gasteiger charge is -2.12. The molecule has 1 aliphatic heterocycles. The van der Waals surface area contributed by atoms with Gasteiger partial charge in [-0.25, -0.2) is 4.98 Å². The fraction of sp³-hybridized carbons (Fsp3) is 0.381. The highest BCUT2D eigenvalue weighted by Gasteiger charge is 2.18. The molecule has 1 saturated heterocycles. The van der Waals surface area contributed by atoms with Crippen LogP contribution in [0.1, 0.15) is 18.4 Å². The monoisotopic (exact) mass is 412 g/mol. The minimum atomic E-state index is -0.0492. The van der Waals surface area contributed by atoms with Crippen molar-refractivity contribution < 1.29 is 14.3 Å². The zero-order valence-corrected chi connectivity index (χ0v) is 17.2. The molecule has 1 N–H and O–H groups in total. The Kier molecular flexibility index (Phi) is 6.31. The number of imidazole rings is 1. The second-order valence-corrected chi connectivity index (χ2v) is 7.87. The van der Waals surface area contributed by atoms with Crippen molar-refractivity contribution in [3.05, 3.63) is 48.3 Å². The van der Waals surface area contributed by atoms with Crippen molar-refractivity contribution in [1.82, 2.24) is 19.9 Å². The first-order chi connectivity index (χ1) is 14.2. The van der Waals surface area contributed by atoms with E-state index in [4.69, 9.17) is 14.5 Å². The number of fused-ring (bicyclic) bond motifs is 1. The van der Waals surface area contributed by atoms with Crippen molar-refractivity contribution in [2.75, 3.05) is 20.3 Å². The summed E-state index contributed by atoms with van der Waals surface area (Å²) in [6.45, 7) is 1.54. The number of benzene rings is 1. The van der Waals surface area contributed by atoms with Crippen LogP contribution in [-0.2, 0) is 21.8 Å². The van der Waals surface area contributed by atoms with Crippen molar-refractivity contribution in [2.45, 2.75) is 36.4 Å². The van der Waals surface area contributed by atoms with Crippen LogP contribution in [-0.4, -0.2) is 46.8 Å². The van der Waals surface area contributed by atoms with Gasteiger partial charge in [0.2, 0.25) is 5.91 Å². The predicted octanol–water partition coefficient (Wildman–Crippen LogP) is 3.03. The normalized spacial score (nSPS) is 16.2. The lowest BCUT2D eigenvalue weighted by atomic mass is 10.2. The third kappa shape index (κ3) is 4.89. The van der Waals surface area contributed by atoms with Gasteiger partial charge in [0.1, 0.15) is 12.3 Å². The highest BCUT2D eigenvalue weighted by Crippen LogP contribution is 2.27. The molecule has 0 saturated carbocycles. The maximum Gasteiger partial charge on any atom is 0.240 e. The van der Waals surface area contributed by atoms with Gasteiger partial charge in [0.25, 0.3) is 0 Å². The van der Waals surface area contributed by atoms with Gasteiger partial charge in [-0.2, -0.15) is 0 Å². The zero-order valence-electron chi connectivity index (χ0n) is 16.3. The van der Waals surface area contributed by atoms with Crippen molar-refractivity contribution in [3.63, 3.8) is 0 Å². The number of methoxy groups -OCH3 is 1. The van der Waals surface area contributed by atoms with Crippen LogP contribution in [0.2, 0.25) is 0 Å². The Morgan fingerprint density at radius 1 is 1.41 bits per heavy atom. The zero-order chi connectivity index (χ0) is 20.1. The Morgan fingerprint density at radius 3 is 3.17 bits per heavy atom. The molecule has 3 aromatic rings. The summed E-state index contributed by atoms with van der Waals surface area (Å²) in [5, 5.41) is 3.78. The lowest BCUT2D eigenvalue weighted by Crippen LogP contribution is -2.34. The van der Waals surface area contributed by atoms with E-state index < -0.39 is 0 Å². The van der Waals surface area contributed by atoms with Gasteiger partial charge in [-0.1, -0.05) is 23.9 Å². The number of carbonyl (C=O) groups is 1. The molecule has 2 aromatic heterocycles. The number of thioether (sulfide) groups is 1. The Labute approximate surface area is 173 Å². The summed E-state index contributed by atoms with van der Waals surface area (Å²) in [5.74, 6) is 1.51. The SMILES string of the molecule is COc1cccc(CSc2nc3ccncc3n2CC(=O)NCC2CCCO2)c1. The second kappa shape index (κ2) is 9.28. The van der Waals surface area contributed by atoms with Gasteiger partial charge in [-0.15, -0.1) is 0 Å². The van der Waals surface area contributed by atoms with Crippen LogP contribution in [0.25, 0.3) is 11.0 Å². The summed E-state index contributed by atoms with van der Waals surface area (Å²) in [7, 11) is 1.66. The van der Waals surface area contributed by atoms with Crippen LogP contribution in [0.4, 0.5) is 0 Å². The van der Waals surface area contributed by atoms with Crippen LogP contribution < -0.4 is 10.1 Å². The van der Waals surface area contributed by atoms with E-state index in [1.165, 1.54) is 0 Å². The van der Waals surface area contributed by atoms with Gasteiger partial charge in [0, 0.05) is 25.1 Å². The molecule has 1 amide bonds. The molecule has 1 unspecified atom stereocenters. The molecule has 1 atom stereocenters. The van der Waals surface area contributed by atoms with Crippen LogP contribution in [0.5, 0.6) is 5.75 Å². The first-order valence-electron chi connectivity index (χ1n) is 9.67. The van der Waals surface area contributed by atoms with Gasteiger partial charge >= 0.3 is 0 Å². The molecule has 1 aromatic carbocycles. The summed E-state index contributed by atoms with van der Waals surface area (Å²) in [6, 6.07) is 9.83. The minimum absolute atomic E-state index is 0.0492. The number of aromatic nitrogens is 3. The van der Waals surface area contributed by atoms with Crippen LogP contribution >= 0.6 is 11.8 Å². The van der Waals surface area contributed by atoms with E-state index in [0.29, 0.717) is 6.54 Å². The van der Waals surface area contributed by atoms with E-state index in [9.17, 15) is 4.79 Å². The number of hydrogen-bond acceptors (Lipinski definition) is 6.